The zero-order valence-electron chi connectivity index (χ0n) is 12.7. The van der Waals surface area contributed by atoms with E-state index >= 15 is 0 Å². The number of aromatic nitrogens is 2. The lowest BCUT2D eigenvalue weighted by Crippen LogP contribution is -2.06. The molecule has 0 atom stereocenters. The van der Waals surface area contributed by atoms with Crippen LogP contribution in [0.2, 0.25) is 0 Å². The van der Waals surface area contributed by atoms with Crippen LogP contribution in [-0.2, 0) is 6.54 Å². The van der Waals surface area contributed by atoms with Crippen LogP contribution in [0.4, 0.5) is 5.95 Å². The van der Waals surface area contributed by atoms with Crippen molar-refractivity contribution >= 4 is 5.95 Å². The van der Waals surface area contributed by atoms with E-state index < -0.39 is 0 Å². The molecule has 0 spiro atoms. The maximum atomic E-state index is 5.55. The molecule has 1 heterocycles. The van der Waals surface area contributed by atoms with Crippen LogP contribution in [0, 0.1) is 6.92 Å². The van der Waals surface area contributed by atoms with Gasteiger partial charge in [-0.25, -0.2) is 4.98 Å². The van der Waals surface area contributed by atoms with E-state index in [9.17, 15) is 0 Å². The molecule has 0 unspecified atom stereocenters. The highest BCUT2D eigenvalue weighted by Gasteiger charge is 2.03. The Morgan fingerprint density at radius 2 is 1.90 bits per heavy atom. The van der Waals surface area contributed by atoms with Gasteiger partial charge >= 0.3 is 0 Å². The van der Waals surface area contributed by atoms with Crippen LogP contribution in [0.15, 0.2) is 30.3 Å². The Morgan fingerprint density at radius 3 is 2.57 bits per heavy atom. The molecule has 0 aliphatic carbocycles. The number of anilines is 1. The van der Waals surface area contributed by atoms with Crippen molar-refractivity contribution in [2.75, 3.05) is 19.0 Å². The molecular weight excluding hydrogens is 266 g/mol. The Morgan fingerprint density at radius 1 is 1.14 bits per heavy atom. The summed E-state index contributed by atoms with van der Waals surface area (Å²) in [6, 6.07) is 9.73. The number of hydrogen-bond acceptors (Lipinski definition) is 5. The highest BCUT2D eigenvalue weighted by Crippen LogP contribution is 2.15. The highest BCUT2D eigenvalue weighted by atomic mass is 16.5. The van der Waals surface area contributed by atoms with Crippen molar-refractivity contribution in [2.45, 2.75) is 26.8 Å². The predicted octanol–water partition coefficient (Wildman–Crippen LogP) is 3.19. The van der Waals surface area contributed by atoms with Crippen LogP contribution in [0.1, 0.15) is 24.6 Å². The van der Waals surface area contributed by atoms with Crippen LogP contribution in [0.3, 0.4) is 0 Å². The van der Waals surface area contributed by atoms with Gasteiger partial charge in [0.25, 0.3) is 0 Å². The van der Waals surface area contributed by atoms with Gasteiger partial charge < -0.3 is 14.8 Å². The molecule has 0 radical (unpaired) electrons. The number of nitrogens with one attached hydrogen (secondary N) is 1. The van der Waals surface area contributed by atoms with Crippen molar-refractivity contribution in [1.82, 2.24) is 9.97 Å². The third-order valence-electron chi connectivity index (χ3n) is 2.89. The normalized spacial score (nSPS) is 10.2. The second-order valence-electron chi connectivity index (χ2n) is 4.72. The molecule has 0 fully saturated rings. The predicted molar refractivity (Wildman–Crippen MR) is 82.9 cm³/mol. The van der Waals surface area contributed by atoms with Gasteiger partial charge in [0.15, 0.2) is 0 Å². The lowest BCUT2D eigenvalue weighted by molar-refractivity contribution is 0.305. The van der Waals surface area contributed by atoms with Crippen molar-refractivity contribution in [1.29, 1.82) is 0 Å². The average molecular weight is 287 g/mol. The monoisotopic (exact) mass is 287 g/mol. The number of hydrogen-bond donors (Lipinski definition) is 1. The molecule has 1 aromatic carbocycles. The van der Waals surface area contributed by atoms with Gasteiger partial charge in [0.2, 0.25) is 11.8 Å². The molecule has 0 aliphatic rings. The van der Waals surface area contributed by atoms with Crippen molar-refractivity contribution in [3.63, 3.8) is 0 Å². The van der Waals surface area contributed by atoms with Crippen LogP contribution in [0.25, 0.3) is 0 Å². The second-order valence-corrected chi connectivity index (χ2v) is 4.72. The van der Waals surface area contributed by atoms with Crippen molar-refractivity contribution in [3.05, 3.63) is 41.6 Å². The Balaban J connectivity index is 1.99. The number of ether oxygens (including phenoxy) is 2. The molecule has 5 heteroatoms. The lowest BCUT2D eigenvalue weighted by Gasteiger charge is -2.09. The van der Waals surface area contributed by atoms with Gasteiger partial charge in [-0.2, -0.15) is 4.98 Å². The zero-order chi connectivity index (χ0) is 15.1. The average Bonchev–Trinajstić information content (AvgIpc) is 2.51. The summed E-state index contributed by atoms with van der Waals surface area (Å²) in [6.07, 6.45) is 0.956. The lowest BCUT2D eigenvalue weighted by atomic mass is 10.2. The van der Waals surface area contributed by atoms with Gasteiger partial charge in [0.1, 0.15) is 5.75 Å². The molecule has 112 valence electrons. The largest absolute Gasteiger partial charge is 0.497 e. The SMILES string of the molecule is CCCOc1cc(C)nc(NCc2ccc(OC)cc2)n1. The molecule has 0 saturated carbocycles. The summed E-state index contributed by atoms with van der Waals surface area (Å²) in [4.78, 5) is 8.71. The maximum absolute atomic E-state index is 5.55. The summed E-state index contributed by atoms with van der Waals surface area (Å²) in [6.45, 7) is 5.31. The van der Waals surface area contributed by atoms with E-state index in [-0.39, 0.29) is 0 Å². The molecule has 2 rings (SSSR count). The first-order chi connectivity index (χ1) is 10.2. The topological polar surface area (TPSA) is 56.3 Å². The number of nitrogens with zero attached hydrogens (tertiary/aromatic N) is 2. The number of aryl methyl sites for hydroxylation is 1. The van der Waals surface area contributed by atoms with Gasteiger partial charge in [-0.15, -0.1) is 0 Å². The first-order valence-electron chi connectivity index (χ1n) is 7.06. The fraction of sp³-hybridized carbons (Fsp3) is 0.375. The highest BCUT2D eigenvalue weighted by molar-refractivity contribution is 5.34. The fourth-order valence-electron chi connectivity index (χ4n) is 1.82. The maximum Gasteiger partial charge on any atom is 0.226 e. The van der Waals surface area contributed by atoms with Crippen molar-refractivity contribution in [2.24, 2.45) is 0 Å². The third-order valence-corrected chi connectivity index (χ3v) is 2.89. The second kappa shape index (κ2) is 7.47. The summed E-state index contributed by atoms with van der Waals surface area (Å²) < 4.78 is 10.7. The molecule has 0 amide bonds. The molecule has 0 bridgehead atoms. The van der Waals surface area contributed by atoms with Crippen LogP contribution < -0.4 is 14.8 Å². The molecule has 1 aromatic heterocycles. The Bertz CT molecular complexity index is 570. The summed E-state index contributed by atoms with van der Waals surface area (Å²) >= 11 is 0. The number of rotatable bonds is 7. The van der Waals surface area contributed by atoms with Crippen LogP contribution in [-0.4, -0.2) is 23.7 Å². The molecule has 0 saturated heterocycles. The first-order valence-corrected chi connectivity index (χ1v) is 7.06. The summed E-state index contributed by atoms with van der Waals surface area (Å²) in [5.74, 6) is 2.04. The zero-order valence-corrected chi connectivity index (χ0v) is 12.7. The first kappa shape index (κ1) is 15.1. The quantitative estimate of drug-likeness (QED) is 0.847. The molecule has 1 N–H and O–H groups in total. The molecular formula is C16H21N3O2. The van der Waals surface area contributed by atoms with Crippen molar-refractivity contribution in [3.8, 4) is 11.6 Å². The van der Waals surface area contributed by atoms with Gasteiger partial charge in [-0.05, 0) is 31.0 Å². The third kappa shape index (κ3) is 4.63. The molecule has 0 aliphatic heterocycles. The van der Waals surface area contributed by atoms with E-state index in [1.807, 2.05) is 37.3 Å². The minimum absolute atomic E-state index is 0.580. The molecule has 5 nitrogen and oxygen atoms in total. The number of benzene rings is 1. The van der Waals surface area contributed by atoms with Gasteiger partial charge in [0.05, 0.1) is 13.7 Å². The molecule has 21 heavy (non-hydrogen) atoms. The number of methoxy groups -OCH3 is 1. The Kier molecular flexibility index (Phi) is 5.37. The molecule has 2 aromatic rings. The summed E-state index contributed by atoms with van der Waals surface area (Å²) in [5, 5.41) is 3.21. The Labute approximate surface area is 125 Å². The van der Waals surface area contributed by atoms with E-state index in [1.54, 1.807) is 7.11 Å². The Hall–Kier alpha value is -2.30. The van der Waals surface area contributed by atoms with Crippen LogP contribution >= 0.6 is 0 Å². The summed E-state index contributed by atoms with van der Waals surface area (Å²) in [7, 11) is 1.66. The standard InChI is InChI=1S/C16H21N3O2/c1-4-9-21-15-10-12(2)18-16(19-15)17-11-13-5-7-14(20-3)8-6-13/h5-8,10H,4,9,11H2,1-3H3,(H,17,18,19). The van der Waals surface area contributed by atoms with Gasteiger partial charge in [0, 0.05) is 18.3 Å². The van der Waals surface area contributed by atoms with Crippen LogP contribution in [0.5, 0.6) is 11.6 Å². The minimum Gasteiger partial charge on any atom is -0.497 e. The van der Waals surface area contributed by atoms with Gasteiger partial charge in [-0.1, -0.05) is 19.1 Å². The smallest absolute Gasteiger partial charge is 0.226 e. The fourth-order valence-corrected chi connectivity index (χ4v) is 1.82. The van der Waals surface area contributed by atoms with E-state index in [1.165, 1.54) is 0 Å². The van der Waals surface area contributed by atoms with E-state index in [0.717, 1.165) is 23.4 Å². The van der Waals surface area contributed by atoms with E-state index in [2.05, 4.69) is 22.2 Å². The van der Waals surface area contributed by atoms with E-state index in [0.29, 0.717) is 25.0 Å². The van der Waals surface area contributed by atoms with E-state index in [4.69, 9.17) is 9.47 Å². The van der Waals surface area contributed by atoms with Gasteiger partial charge in [-0.3, -0.25) is 0 Å². The minimum atomic E-state index is 0.580. The summed E-state index contributed by atoms with van der Waals surface area (Å²) in [5.41, 5.74) is 2.02. The van der Waals surface area contributed by atoms with Crippen molar-refractivity contribution < 1.29 is 9.47 Å².